The number of piperidine rings is 1. The van der Waals surface area contributed by atoms with Gasteiger partial charge in [-0.25, -0.2) is 4.98 Å². The zero-order valence-electron chi connectivity index (χ0n) is 19.0. The Morgan fingerprint density at radius 2 is 1.64 bits per heavy atom. The number of anilines is 1. The topological polar surface area (TPSA) is 62.7 Å². The van der Waals surface area contributed by atoms with Gasteiger partial charge in [0.05, 0.1) is 18.2 Å². The minimum Gasteiger partial charge on any atom is -0.497 e. The van der Waals surface area contributed by atoms with E-state index >= 15 is 0 Å². The van der Waals surface area contributed by atoms with Gasteiger partial charge in [0.2, 0.25) is 0 Å². The normalized spacial score (nSPS) is 16.9. The third kappa shape index (κ3) is 4.30. The van der Waals surface area contributed by atoms with Gasteiger partial charge in [-0.15, -0.1) is 0 Å². The molecular weight excluding hydrogens is 414 g/mol. The second kappa shape index (κ2) is 9.22. The molecule has 6 heteroatoms. The van der Waals surface area contributed by atoms with E-state index in [4.69, 9.17) is 9.72 Å². The minimum atomic E-state index is -0.0600. The van der Waals surface area contributed by atoms with Gasteiger partial charge in [0.1, 0.15) is 11.6 Å². The zero-order valence-corrected chi connectivity index (χ0v) is 19.0. The number of benzene rings is 2. The number of ether oxygens (including phenoxy) is 1. The summed E-state index contributed by atoms with van der Waals surface area (Å²) in [7, 11) is 1.61. The number of carbonyl (C=O) groups is 2. The molecule has 1 amide bonds. The molecule has 2 saturated heterocycles. The Kier molecular flexibility index (Phi) is 5.99. The van der Waals surface area contributed by atoms with E-state index in [9.17, 15) is 9.59 Å². The molecule has 0 aliphatic carbocycles. The van der Waals surface area contributed by atoms with E-state index in [-0.39, 0.29) is 17.6 Å². The molecule has 0 unspecified atom stereocenters. The van der Waals surface area contributed by atoms with Gasteiger partial charge in [0.25, 0.3) is 5.91 Å². The van der Waals surface area contributed by atoms with Gasteiger partial charge < -0.3 is 14.5 Å². The molecule has 0 bridgehead atoms. The quantitative estimate of drug-likeness (QED) is 0.540. The molecule has 0 radical (unpaired) electrons. The Labute approximate surface area is 194 Å². The molecule has 5 rings (SSSR count). The average molecular weight is 444 g/mol. The lowest BCUT2D eigenvalue weighted by Gasteiger charge is -2.32. The SMILES string of the molecule is COc1ccc(C(=O)C2CCN(C(=O)c3cc4ccccc4nc3N3CCCC3)CC2)cc1. The molecule has 0 saturated carbocycles. The molecule has 0 spiro atoms. The number of Topliss-reactive ketones (excluding diaryl/α,β-unsaturated/α-hetero) is 1. The summed E-state index contributed by atoms with van der Waals surface area (Å²) in [6.07, 6.45) is 3.61. The summed E-state index contributed by atoms with van der Waals surface area (Å²) in [5, 5.41) is 0.980. The maximum absolute atomic E-state index is 13.6. The van der Waals surface area contributed by atoms with Crippen LogP contribution in [0.15, 0.2) is 54.6 Å². The molecule has 3 aromatic rings. The number of pyridine rings is 1. The van der Waals surface area contributed by atoms with E-state index in [1.165, 1.54) is 0 Å². The number of ketones is 1. The second-order valence-corrected chi connectivity index (χ2v) is 8.91. The fourth-order valence-electron chi connectivity index (χ4n) is 4.94. The fourth-order valence-corrected chi connectivity index (χ4v) is 4.94. The summed E-state index contributed by atoms with van der Waals surface area (Å²) < 4.78 is 5.19. The lowest BCUT2D eigenvalue weighted by atomic mass is 9.88. The highest BCUT2D eigenvalue weighted by molar-refractivity contribution is 6.03. The maximum atomic E-state index is 13.6. The Morgan fingerprint density at radius 1 is 0.939 bits per heavy atom. The third-order valence-electron chi connectivity index (χ3n) is 6.87. The fraction of sp³-hybridized carbons (Fsp3) is 0.370. The number of nitrogens with zero attached hydrogens (tertiary/aromatic N) is 3. The molecule has 2 aliphatic rings. The van der Waals surface area contributed by atoms with Crippen LogP contribution in [0.3, 0.4) is 0 Å². The van der Waals surface area contributed by atoms with E-state index in [0.29, 0.717) is 37.1 Å². The molecule has 2 aliphatic heterocycles. The van der Waals surface area contributed by atoms with Crippen LogP contribution in [-0.2, 0) is 0 Å². The molecule has 33 heavy (non-hydrogen) atoms. The third-order valence-corrected chi connectivity index (χ3v) is 6.87. The molecule has 3 heterocycles. The number of rotatable bonds is 5. The summed E-state index contributed by atoms with van der Waals surface area (Å²) in [5.74, 6) is 1.65. The highest BCUT2D eigenvalue weighted by Crippen LogP contribution is 2.30. The van der Waals surface area contributed by atoms with E-state index in [2.05, 4.69) is 4.90 Å². The van der Waals surface area contributed by atoms with Crippen LogP contribution in [0.5, 0.6) is 5.75 Å². The maximum Gasteiger partial charge on any atom is 0.257 e. The van der Waals surface area contributed by atoms with E-state index in [0.717, 1.165) is 48.4 Å². The first-order valence-electron chi connectivity index (χ1n) is 11.8. The first-order chi connectivity index (χ1) is 16.1. The molecule has 0 N–H and O–H groups in total. The first kappa shape index (κ1) is 21.4. The number of methoxy groups -OCH3 is 1. The van der Waals surface area contributed by atoms with Crippen LogP contribution < -0.4 is 9.64 Å². The molecule has 2 aromatic carbocycles. The van der Waals surface area contributed by atoms with Crippen molar-refractivity contribution >= 4 is 28.4 Å². The Bertz CT molecular complexity index is 1160. The van der Waals surface area contributed by atoms with Crippen molar-refractivity contribution in [2.75, 3.05) is 38.2 Å². The van der Waals surface area contributed by atoms with Gasteiger partial charge in [-0.3, -0.25) is 9.59 Å². The highest BCUT2D eigenvalue weighted by Gasteiger charge is 2.31. The summed E-state index contributed by atoms with van der Waals surface area (Å²) in [5.41, 5.74) is 2.30. The predicted molar refractivity (Wildman–Crippen MR) is 129 cm³/mol. The van der Waals surface area contributed by atoms with Gasteiger partial charge in [-0.2, -0.15) is 0 Å². The lowest BCUT2D eigenvalue weighted by molar-refractivity contribution is 0.0650. The van der Waals surface area contributed by atoms with Gasteiger partial charge in [-0.05, 0) is 62.1 Å². The molecule has 2 fully saturated rings. The number of aromatic nitrogens is 1. The average Bonchev–Trinajstić information content (AvgIpc) is 3.42. The minimum absolute atomic E-state index is 0.0190. The zero-order chi connectivity index (χ0) is 22.8. The standard InChI is InChI=1S/C27H29N3O3/c1-33-22-10-8-19(9-11-22)25(31)20-12-16-30(17-13-20)27(32)23-18-21-6-2-3-7-24(21)28-26(23)29-14-4-5-15-29/h2-3,6-11,18,20H,4-5,12-17H2,1H3. The number of hydrogen-bond donors (Lipinski definition) is 0. The van der Waals surface area contributed by atoms with E-state index in [1.807, 2.05) is 59.5 Å². The molecule has 0 atom stereocenters. The summed E-state index contributed by atoms with van der Waals surface area (Å²) >= 11 is 0. The summed E-state index contributed by atoms with van der Waals surface area (Å²) in [6.45, 7) is 3.03. The summed E-state index contributed by atoms with van der Waals surface area (Å²) in [6, 6.07) is 17.2. The van der Waals surface area contributed by atoms with Crippen molar-refractivity contribution in [3.05, 3.63) is 65.7 Å². The smallest absolute Gasteiger partial charge is 0.257 e. The van der Waals surface area contributed by atoms with Gasteiger partial charge >= 0.3 is 0 Å². The number of fused-ring (bicyclic) bond motifs is 1. The number of likely N-dealkylation sites (tertiary alicyclic amines) is 1. The molecule has 170 valence electrons. The largest absolute Gasteiger partial charge is 0.497 e. The van der Waals surface area contributed by atoms with Crippen LogP contribution in [0.2, 0.25) is 0 Å². The van der Waals surface area contributed by atoms with Crippen LogP contribution in [0.4, 0.5) is 5.82 Å². The number of hydrogen-bond acceptors (Lipinski definition) is 5. The molecular formula is C27H29N3O3. The van der Waals surface area contributed by atoms with Gasteiger partial charge in [-0.1, -0.05) is 18.2 Å². The van der Waals surface area contributed by atoms with Crippen molar-refractivity contribution in [3.63, 3.8) is 0 Å². The Balaban J connectivity index is 1.33. The van der Waals surface area contributed by atoms with Crippen molar-refractivity contribution in [3.8, 4) is 5.75 Å². The molecule has 1 aromatic heterocycles. The van der Waals surface area contributed by atoms with Crippen LogP contribution >= 0.6 is 0 Å². The second-order valence-electron chi connectivity index (χ2n) is 8.91. The van der Waals surface area contributed by atoms with Crippen LogP contribution in [0, 0.1) is 5.92 Å². The number of para-hydroxylation sites is 1. The lowest BCUT2D eigenvalue weighted by Crippen LogP contribution is -2.41. The number of amides is 1. The van der Waals surface area contributed by atoms with Gasteiger partial charge in [0.15, 0.2) is 5.78 Å². The van der Waals surface area contributed by atoms with Crippen LogP contribution in [0.25, 0.3) is 10.9 Å². The predicted octanol–water partition coefficient (Wildman–Crippen LogP) is 4.58. The number of carbonyl (C=O) groups excluding carboxylic acids is 2. The highest BCUT2D eigenvalue weighted by atomic mass is 16.5. The van der Waals surface area contributed by atoms with Crippen molar-refractivity contribution in [1.29, 1.82) is 0 Å². The van der Waals surface area contributed by atoms with Crippen molar-refractivity contribution in [2.45, 2.75) is 25.7 Å². The Morgan fingerprint density at radius 3 is 2.33 bits per heavy atom. The van der Waals surface area contributed by atoms with Crippen molar-refractivity contribution < 1.29 is 14.3 Å². The Hall–Kier alpha value is -3.41. The first-order valence-corrected chi connectivity index (χ1v) is 11.8. The van der Waals surface area contributed by atoms with Crippen LogP contribution in [0.1, 0.15) is 46.4 Å². The van der Waals surface area contributed by atoms with Crippen molar-refractivity contribution in [1.82, 2.24) is 9.88 Å². The molecule has 6 nitrogen and oxygen atoms in total. The van der Waals surface area contributed by atoms with Crippen molar-refractivity contribution in [2.24, 2.45) is 5.92 Å². The van der Waals surface area contributed by atoms with Crippen LogP contribution in [-0.4, -0.2) is 54.9 Å². The van der Waals surface area contributed by atoms with Gasteiger partial charge in [0, 0.05) is 43.0 Å². The van der Waals surface area contributed by atoms with E-state index in [1.54, 1.807) is 7.11 Å². The van der Waals surface area contributed by atoms with E-state index < -0.39 is 0 Å². The monoisotopic (exact) mass is 443 g/mol. The summed E-state index contributed by atoms with van der Waals surface area (Å²) in [4.78, 5) is 35.6.